The summed E-state index contributed by atoms with van der Waals surface area (Å²) in [6, 6.07) is 16.2. The number of likely N-dealkylation sites (tertiary alicyclic amines) is 1. The predicted octanol–water partition coefficient (Wildman–Crippen LogP) is 4.70. The molecular weight excluding hydrogens is 393 g/mol. The Balaban J connectivity index is 0.00000196. The number of halogens is 2. The lowest BCUT2D eigenvalue weighted by molar-refractivity contribution is -0.121. The molecule has 6 heteroatoms. The van der Waals surface area contributed by atoms with Crippen molar-refractivity contribution in [1.29, 1.82) is 0 Å². The molecule has 1 fully saturated rings. The molecule has 1 aliphatic rings. The van der Waals surface area contributed by atoms with Gasteiger partial charge in [0.05, 0.1) is 6.04 Å². The lowest BCUT2D eigenvalue weighted by Crippen LogP contribution is -2.46. The zero-order valence-corrected chi connectivity index (χ0v) is 18.2. The van der Waals surface area contributed by atoms with Gasteiger partial charge in [-0.05, 0) is 75.4 Å². The van der Waals surface area contributed by atoms with E-state index in [9.17, 15) is 4.79 Å². The summed E-state index contributed by atoms with van der Waals surface area (Å²) in [5.41, 5.74) is 9.75. The molecule has 3 N–H and O–H groups in total. The standard InChI is InChI=1S/C22H29N3O.2ClH/c1-16-8-9-20(23)15-21(16)24-22(26)17(2)25-12-10-19(11-13-25)14-18-6-4-3-5-7-18;;/h3-9,15,17,19H,10-14,23H2,1-2H3,(H,24,26);2*1H. The molecule has 28 heavy (non-hydrogen) atoms. The van der Waals surface area contributed by atoms with Gasteiger partial charge in [-0.2, -0.15) is 0 Å². The highest BCUT2D eigenvalue weighted by Gasteiger charge is 2.26. The van der Waals surface area contributed by atoms with Crippen molar-refractivity contribution in [1.82, 2.24) is 4.90 Å². The highest BCUT2D eigenvalue weighted by Crippen LogP contribution is 2.24. The highest BCUT2D eigenvalue weighted by atomic mass is 35.5. The second-order valence-corrected chi connectivity index (χ2v) is 7.41. The van der Waals surface area contributed by atoms with E-state index < -0.39 is 0 Å². The van der Waals surface area contributed by atoms with E-state index in [4.69, 9.17) is 5.73 Å². The van der Waals surface area contributed by atoms with Crippen LogP contribution in [-0.4, -0.2) is 29.9 Å². The first-order chi connectivity index (χ1) is 12.5. The minimum absolute atomic E-state index is 0. The minimum Gasteiger partial charge on any atom is -0.399 e. The number of rotatable bonds is 5. The maximum absolute atomic E-state index is 12.7. The maximum Gasteiger partial charge on any atom is 0.241 e. The fourth-order valence-corrected chi connectivity index (χ4v) is 3.67. The first-order valence-corrected chi connectivity index (χ1v) is 9.48. The van der Waals surface area contributed by atoms with Crippen LogP contribution in [0.1, 0.15) is 30.9 Å². The van der Waals surface area contributed by atoms with E-state index in [-0.39, 0.29) is 36.8 Å². The third-order valence-corrected chi connectivity index (χ3v) is 5.46. The Morgan fingerprint density at radius 2 is 1.79 bits per heavy atom. The normalized spacial score (nSPS) is 15.8. The number of amides is 1. The number of hydrogen-bond donors (Lipinski definition) is 2. The third kappa shape index (κ3) is 6.40. The van der Waals surface area contributed by atoms with Gasteiger partial charge in [0.2, 0.25) is 5.91 Å². The average molecular weight is 424 g/mol. The first-order valence-electron chi connectivity index (χ1n) is 9.48. The van der Waals surface area contributed by atoms with Crippen LogP contribution in [-0.2, 0) is 11.2 Å². The molecule has 0 radical (unpaired) electrons. The molecule has 2 aromatic rings. The van der Waals surface area contributed by atoms with Gasteiger partial charge in [0, 0.05) is 11.4 Å². The second-order valence-electron chi connectivity index (χ2n) is 7.41. The van der Waals surface area contributed by atoms with Crippen LogP contribution < -0.4 is 11.1 Å². The molecular formula is C22H31Cl2N3O. The molecule has 4 nitrogen and oxygen atoms in total. The average Bonchev–Trinajstić information content (AvgIpc) is 2.65. The molecule has 0 bridgehead atoms. The topological polar surface area (TPSA) is 58.4 Å². The van der Waals surface area contributed by atoms with Crippen molar-refractivity contribution in [3.63, 3.8) is 0 Å². The van der Waals surface area contributed by atoms with Gasteiger partial charge in [-0.25, -0.2) is 0 Å². The van der Waals surface area contributed by atoms with Crippen LogP contribution in [0.4, 0.5) is 11.4 Å². The van der Waals surface area contributed by atoms with Gasteiger partial charge in [0.25, 0.3) is 0 Å². The van der Waals surface area contributed by atoms with Gasteiger partial charge >= 0.3 is 0 Å². The molecule has 154 valence electrons. The van der Waals surface area contributed by atoms with Crippen LogP contribution >= 0.6 is 24.8 Å². The van der Waals surface area contributed by atoms with Crippen LogP contribution in [0.15, 0.2) is 48.5 Å². The van der Waals surface area contributed by atoms with Gasteiger partial charge in [-0.1, -0.05) is 36.4 Å². The Morgan fingerprint density at radius 3 is 2.43 bits per heavy atom. The fourth-order valence-electron chi connectivity index (χ4n) is 3.67. The largest absolute Gasteiger partial charge is 0.399 e. The van der Waals surface area contributed by atoms with Crippen molar-refractivity contribution in [3.8, 4) is 0 Å². The van der Waals surface area contributed by atoms with Gasteiger partial charge in [-0.15, -0.1) is 24.8 Å². The SMILES string of the molecule is Cc1ccc(N)cc1NC(=O)C(C)N1CCC(Cc2ccccc2)CC1.Cl.Cl. The second kappa shape index (κ2) is 11.3. The number of benzene rings is 2. The first kappa shape index (κ1) is 24.3. The van der Waals surface area contributed by atoms with Crippen molar-refractivity contribution in [3.05, 3.63) is 59.7 Å². The molecule has 1 aliphatic heterocycles. The predicted molar refractivity (Wildman–Crippen MR) is 123 cm³/mol. The molecule has 1 atom stereocenters. The van der Waals surface area contributed by atoms with Crippen LogP contribution in [0, 0.1) is 12.8 Å². The fraction of sp³-hybridized carbons (Fsp3) is 0.409. The van der Waals surface area contributed by atoms with Crippen molar-refractivity contribution in [2.75, 3.05) is 24.1 Å². The van der Waals surface area contributed by atoms with Crippen LogP contribution in [0.5, 0.6) is 0 Å². The number of nitrogens with one attached hydrogen (secondary N) is 1. The zero-order chi connectivity index (χ0) is 18.5. The van der Waals surface area contributed by atoms with E-state index in [0.29, 0.717) is 11.6 Å². The summed E-state index contributed by atoms with van der Waals surface area (Å²) in [7, 11) is 0. The minimum atomic E-state index is -0.131. The third-order valence-electron chi connectivity index (χ3n) is 5.46. The molecule has 0 spiro atoms. The number of hydrogen-bond acceptors (Lipinski definition) is 3. The van der Waals surface area contributed by atoms with Crippen molar-refractivity contribution in [2.45, 2.75) is 39.2 Å². The van der Waals surface area contributed by atoms with E-state index in [1.165, 1.54) is 5.56 Å². The van der Waals surface area contributed by atoms with E-state index in [2.05, 4.69) is 40.5 Å². The summed E-state index contributed by atoms with van der Waals surface area (Å²) in [6.45, 7) is 5.92. The molecule has 1 amide bonds. The van der Waals surface area contributed by atoms with E-state index in [1.54, 1.807) is 0 Å². The Kier molecular flexibility index (Phi) is 9.80. The number of aryl methyl sites for hydroxylation is 1. The van der Waals surface area contributed by atoms with Crippen LogP contribution in [0.2, 0.25) is 0 Å². The van der Waals surface area contributed by atoms with Crippen LogP contribution in [0.25, 0.3) is 0 Å². The van der Waals surface area contributed by atoms with Gasteiger partial charge in [-0.3, -0.25) is 9.69 Å². The number of carbonyl (C=O) groups excluding carboxylic acids is 1. The molecule has 3 rings (SSSR count). The number of carbonyl (C=O) groups is 1. The molecule has 0 saturated carbocycles. The summed E-state index contributed by atoms with van der Waals surface area (Å²) < 4.78 is 0. The smallest absolute Gasteiger partial charge is 0.241 e. The summed E-state index contributed by atoms with van der Waals surface area (Å²) in [6.07, 6.45) is 3.42. The quantitative estimate of drug-likeness (QED) is 0.684. The Bertz CT molecular complexity index is 747. The molecule has 1 saturated heterocycles. The molecule has 1 heterocycles. The highest BCUT2D eigenvalue weighted by molar-refractivity contribution is 5.95. The zero-order valence-electron chi connectivity index (χ0n) is 16.6. The summed E-state index contributed by atoms with van der Waals surface area (Å²) in [4.78, 5) is 14.9. The summed E-state index contributed by atoms with van der Waals surface area (Å²) in [5.74, 6) is 0.750. The maximum atomic E-state index is 12.7. The van der Waals surface area contributed by atoms with Crippen molar-refractivity contribution in [2.24, 2.45) is 5.92 Å². The van der Waals surface area contributed by atoms with E-state index in [0.717, 1.165) is 43.6 Å². The lowest BCUT2D eigenvalue weighted by atomic mass is 9.89. The Labute approximate surface area is 180 Å². The lowest BCUT2D eigenvalue weighted by Gasteiger charge is -2.35. The van der Waals surface area contributed by atoms with Crippen molar-refractivity contribution >= 4 is 42.1 Å². The van der Waals surface area contributed by atoms with Crippen molar-refractivity contribution < 1.29 is 4.79 Å². The monoisotopic (exact) mass is 423 g/mol. The van der Waals surface area contributed by atoms with Gasteiger partial charge in [0.1, 0.15) is 0 Å². The summed E-state index contributed by atoms with van der Waals surface area (Å²) >= 11 is 0. The molecule has 2 aromatic carbocycles. The summed E-state index contributed by atoms with van der Waals surface area (Å²) in [5, 5.41) is 3.04. The molecule has 0 aliphatic carbocycles. The van der Waals surface area contributed by atoms with E-state index in [1.807, 2.05) is 32.0 Å². The van der Waals surface area contributed by atoms with Gasteiger partial charge in [0.15, 0.2) is 0 Å². The van der Waals surface area contributed by atoms with Gasteiger partial charge < -0.3 is 11.1 Å². The number of piperidine rings is 1. The molecule has 1 unspecified atom stereocenters. The van der Waals surface area contributed by atoms with Crippen LogP contribution in [0.3, 0.4) is 0 Å². The Hall–Kier alpha value is -1.75. The number of nitrogens with two attached hydrogens (primary N) is 1. The number of nitrogen functional groups attached to an aromatic ring is 1. The molecule has 0 aromatic heterocycles. The Morgan fingerprint density at radius 1 is 1.14 bits per heavy atom. The number of anilines is 2. The number of nitrogens with zero attached hydrogens (tertiary/aromatic N) is 1. The van der Waals surface area contributed by atoms with E-state index >= 15 is 0 Å².